The van der Waals surface area contributed by atoms with Crippen molar-refractivity contribution in [2.45, 2.75) is 25.3 Å². The molecule has 1 aromatic rings. The van der Waals surface area contributed by atoms with Crippen LogP contribution < -0.4 is 11.3 Å². The largest absolute Gasteiger partial charge is 0.271 e. The quantitative estimate of drug-likeness (QED) is 0.571. The molecule has 0 bridgehead atoms. The molecule has 1 aliphatic carbocycles. The van der Waals surface area contributed by atoms with Gasteiger partial charge in [0.15, 0.2) is 0 Å². The summed E-state index contributed by atoms with van der Waals surface area (Å²) in [6.45, 7) is 0. The smallest absolute Gasteiger partial charge is 0.123 e. The molecule has 1 unspecified atom stereocenters. The van der Waals surface area contributed by atoms with Gasteiger partial charge in [-0.25, -0.2) is 4.39 Å². The zero-order valence-corrected chi connectivity index (χ0v) is 8.04. The number of nitrogens with one attached hydrogen (secondary N) is 1. The molecule has 0 amide bonds. The minimum atomic E-state index is -0.196. The van der Waals surface area contributed by atoms with E-state index < -0.39 is 0 Å². The fraction of sp³-hybridized carbons (Fsp3) is 0.455. The van der Waals surface area contributed by atoms with E-state index in [2.05, 4.69) is 5.43 Å². The number of hydrazine groups is 1. The summed E-state index contributed by atoms with van der Waals surface area (Å²) in [5, 5.41) is 0. The van der Waals surface area contributed by atoms with E-state index in [1.807, 2.05) is 0 Å². The first-order chi connectivity index (χ1) is 6.81. The van der Waals surface area contributed by atoms with Gasteiger partial charge in [0, 0.05) is 6.04 Å². The molecule has 2 nitrogen and oxygen atoms in total. The number of hydrogen-bond donors (Lipinski definition) is 2. The fourth-order valence-corrected chi connectivity index (χ4v) is 1.95. The summed E-state index contributed by atoms with van der Waals surface area (Å²) in [6.07, 6.45) is 3.71. The van der Waals surface area contributed by atoms with Crippen molar-refractivity contribution in [3.8, 4) is 0 Å². The number of halogens is 1. The lowest BCUT2D eigenvalue weighted by molar-refractivity contribution is 0.232. The average molecular weight is 194 g/mol. The average Bonchev–Trinajstić information content (AvgIpc) is 2.13. The summed E-state index contributed by atoms with van der Waals surface area (Å²) in [6, 6.07) is 6.76. The van der Waals surface area contributed by atoms with Gasteiger partial charge in [-0.05, 0) is 36.5 Å². The van der Waals surface area contributed by atoms with Crippen molar-refractivity contribution in [1.82, 2.24) is 5.43 Å². The van der Waals surface area contributed by atoms with Crippen LogP contribution in [-0.2, 0) is 0 Å². The molecule has 76 valence electrons. The standard InChI is InChI=1S/C11H15FN2/c12-10-6-4-9(5-7-10)11(14-13)8-2-1-3-8/h4-8,11,14H,1-3,13H2. The Kier molecular flexibility index (Phi) is 2.79. The maximum absolute atomic E-state index is 12.7. The lowest BCUT2D eigenvalue weighted by atomic mass is 9.77. The highest BCUT2D eigenvalue weighted by Gasteiger charge is 2.27. The van der Waals surface area contributed by atoms with Crippen LogP contribution in [0.25, 0.3) is 0 Å². The number of hydrogen-bond acceptors (Lipinski definition) is 2. The molecule has 1 atom stereocenters. The Hall–Kier alpha value is -0.930. The van der Waals surface area contributed by atoms with E-state index in [9.17, 15) is 4.39 Å². The molecule has 0 saturated heterocycles. The van der Waals surface area contributed by atoms with Crippen LogP contribution in [-0.4, -0.2) is 0 Å². The molecule has 2 rings (SSSR count). The second-order valence-electron chi connectivity index (χ2n) is 3.89. The van der Waals surface area contributed by atoms with Gasteiger partial charge >= 0.3 is 0 Å². The third kappa shape index (κ3) is 1.79. The van der Waals surface area contributed by atoms with E-state index in [1.165, 1.54) is 31.4 Å². The van der Waals surface area contributed by atoms with Crippen LogP contribution in [0.3, 0.4) is 0 Å². The van der Waals surface area contributed by atoms with Gasteiger partial charge in [-0.1, -0.05) is 18.6 Å². The molecule has 1 aromatic carbocycles. The van der Waals surface area contributed by atoms with Crippen molar-refractivity contribution in [1.29, 1.82) is 0 Å². The van der Waals surface area contributed by atoms with E-state index in [0.717, 1.165) is 5.56 Å². The van der Waals surface area contributed by atoms with Crippen molar-refractivity contribution in [2.24, 2.45) is 11.8 Å². The third-order valence-corrected chi connectivity index (χ3v) is 3.03. The zero-order chi connectivity index (χ0) is 9.97. The predicted molar refractivity (Wildman–Crippen MR) is 53.8 cm³/mol. The van der Waals surface area contributed by atoms with E-state index in [1.54, 1.807) is 12.1 Å². The summed E-state index contributed by atoms with van der Waals surface area (Å²) >= 11 is 0. The summed E-state index contributed by atoms with van der Waals surface area (Å²) in [4.78, 5) is 0. The summed E-state index contributed by atoms with van der Waals surface area (Å²) < 4.78 is 12.7. The molecule has 3 heteroatoms. The second kappa shape index (κ2) is 4.07. The van der Waals surface area contributed by atoms with Gasteiger partial charge in [-0.2, -0.15) is 0 Å². The molecule has 0 radical (unpaired) electrons. The second-order valence-corrected chi connectivity index (χ2v) is 3.89. The van der Waals surface area contributed by atoms with Gasteiger partial charge in [0.1, 0.15) is 5.82 Å². The maximum Gasteiger partial charge on any atom is 0.123 e. The Bertz CT molecular complexity index is 293. The lowest BCUT2D eigenvalue weighted by Crippen LogP contribution is -2.36. The van der Waals surface area contributed by atoms with Crippen molar-refractivity contribution in [2.75, 3.05) is 0 Å². The van der Waals surface area contributed by atoms with Crippen LogP contribution in [0.4, 0.5) is 4.39 Å². The van der Waals surface area contributed by atoms with Gasteiger partial charge in [0.05, 0.1) is 0 Å². The van der Waals surface area contributed by atoms with Gasteiger partial charge in [-0.3, -0.25) is 11.3 Å². The number of nitrogens with two attached hydrogens (primary N) is 1. The minimum Gasteiger partial charge on any atom is -0.271 e. The van der Waals surface area contributed by atoms with Gasteiger partial charge < -0.3 is 0 Å². The van der Waals surface area contributed by atoms with Crippen molar-refractivity contribution in [3.63, 3.8) is 0 Å². The van der Waals surface area contributed by atoms with Crippen LogP contribution in [0.5, 0.6) is 0 Å². The SMILES string of the molecule is NNC(c1ccc(F)cc1)C1CCC1. The zero-order valence-electron chi connectivity index (χ0n) is 8.04. The van der Waals surface area contributed by atoms with Crippen LogP contribution in [0.15, 0.2) is 24.3 Å². The summed E-state index contributed by atoms with van der Waals surface area (Å²) in [5.74, 6) is 5.93. The molecular formula is C11H15FN2. The molecule has 0 spiro atoms. The highest BCUT2D eigenvalue weighted by atomic mass is 19.1. The minimum absolute atomic E-state index is 0.185. The van der Waals surface area contributed by atoms with Crippen LogP contribution >= 0.6 is 0 Å². The molecular weight excluding hydrogens is 179 g/mol. The topological polar surface area (TPSA) is 38.0 Å². The molecule has 0 aromatic heterocycles. The molecule has 3 N–H and O–H groups in total. The molecule has 0 heterocycles. The molecule has 0 aliphatic heterocycles. The maximum atomic E-state index is 12.7. The first kappa shape index (κ1) is 9.62. The highest BCUT2D eigenvalue weighted by Crippen LogP contribution is 2.37. The van der Waals surface area contributed by atoms with Crippen molar-refractivity contribution < 1.29 is 4.39 Å². The normalized spacial score (nSPS) is 19.0. The van der Waals surface area contributed by atoms with E-state index >= 15 is 0 Å². The number of benzene rings is 1. The Morgan fingerprint density at radius 1 is 1.29 bits per heavy atom. The number of rotatable bonds is 3. The Morgan fingerprint density at radius 2 is 1.93 bits per heavy atom. The first-order valence-corrected chi connectivity index (χ1v) is 5.03. The molecule has 1 saturated carbocycles. The first-order valence-electron chi connectivity index (χ1n) is 5.03. The monoisotopic (exact) mass is 194 g/mol. The fourth-order valence-electron chi connectivity index (χ4n) is 1.95. The van der Waals surface area contributed by atoms with E-state index in [-0.39, 0.29) is 11.9 Å². The molecule has 1 fully saturated rings. The van der Waals surface area contributed by atoms with Gasteiger partial charge in [0.2, 0.25) is 0 Å². The summed E-state index contributed by atoms with van der Waals surface area (Å²) in [7, 11) is 0. The Labute approximate surface area is 83.3 Å². The highest BCUT2D eigenvalue weighted by molar-refractivity contribution is 5.21. The summed E-state index contributed by atoms with van der Waals surface area (Å²) in [5.41, 5.74) is 3.90. The lowest BCUT2D eigenvalue weighted by Gasteiger charge is -2.33. The van der Waals surface area contributed by atoms with Crippen molar-refractivity contribution >= 4 is 0 Å². The van der Waals surface area contributed by atoms with Crippen molar-refractivity contribution in [3.05, 3.63) is 35.6 Å². The van der Waals surface area contributed by atoms with E-state index in [0.29, 0.717) is 5.92 Å². The third-order valence-electron chi connectivity index (χ3n) is 3.03. The van der Waals surface area contributed by atoms with Crippen LogP contribution in [0, 0.1) is 11.7 Å². The van der Waals surface area contributed by atoms with Gasteiger partial charge in [0.25, 0.3) is 0 Å². The Balaban J connectivity index is 2.14. The predicted octanol–water partition coefficient (Wildman–Crippen LogP) is 2.13. The molecule has 1 aliphatic rings. The van der Waals surface area contributed by atoms with Gasteiger partial charge in [-0.15, -0.1) is 0 Å². The van der Waals surface area contributed by atoms with E-state index in [4.69, 9.17) is 5.84 Å². The van der Waals surface area contributed by atoms with Crippen LogP contribution in [0.1, 0.15) is 30.9 Å². The molecule has 14 heavy (non-hydrogen) atoms. The van der Waals surface area contributed by atoms with Crippen LogP contribution in [0.2, 0.25) is 0 Å². The Morgan fingerprint density at radius 3 is 2.36 bits per heavy atom.